The number of H-pyrrole nitrogens is 1. The summed E-state index contributed by atoms with van der Waals surface area (Å²) in [5, 5.41) is 2.87. The molecule has 4 rings (SSSR count). The molecule has 2 heterocycles. The second kappa shape index (κ2) is 6.39. The van der Waals surface area contributed by atoms with Crippen LogP contribution in [0, 0.1) is 11.8 Å². The number of carbonyl (C=O) groups is 1. The molecule has 1 saturated heterocycles. The Kier molecular flexibility index (Phi) is 4.21. The van der Waals surface area contributed by atoms with Gasteiger partial charge in [-0.2, -0.15) is 0 Å². The van der Waals surface area contributed by atoms with Gasteiger partial charge in [-0.1, -0.05) is 6.07 Å². The van der Waals surface area contributed by atoms with E-state index in [0.717, 1.165) is 48.2 Å². The number of hydrogen-bond donors (Lipinski definition) is 2. The second-order valence-electron chi connectivity index (χ2n) is 7.52. The Morgan fingerprint density at radius 3 is 2.68 bits per heavy atom. The van der Waals surface area contributed by atoms with Crippen molar-refractivity contribution < 1.29 is 13.6 Å². The lowest BCUT2D eigenvalue weighted by Crippen LogP contribution is -2.25. The largest absolute Gasteiger partial charge is 0.356 e. The van der Waals surface area contributed by atoms with Crippen LogP contribution in [0.15, 0.2) is 18.2 Å². The fraction of sp³-hybridized carbons (Fsp3) is 0.579. The van der Waals surface area contributed by atoms with Crippen LogP contribution in [0.2, 0.25) is 0 Å². The minimum Gasteiger partial charge on any atom is -0.356 e. The molecule has 2 N–H and O–H groups in total. The number of carbonyl (C=O) groups excluding carboxylic acids is 1. The summed E-state index contributed by atoms with van der Waals surface area (Å²) < 4.78 is 26.5. The number of imidazole rings is 1. The molecule has 1 aliphatic heterocycles. The molecule has 6 heteroatoms. The maximum Gasteiger partial charge on any atom is 0.248 e. The van der Waals surface area contributed by atoms with Crippen LogP contribution in [0.1, 0.15) is 43.5 Å². The third-order valence-corrected chi connectivity index (χ3v) is 5.56. The molecule has 1 saturated carbocycles. The van der Waals surface area contributed by atoms with Crippen molar-refractivity contribution in [2.45, 2.75) is 50.9 Å². The van der Waals surface area contributed by atoms with Crippen molar-refractivity contribution in [2.24, 2.45) is 11.8 Å². The van der Waals surface area contributed by atoms with Gasteiger partial charge in [-0.3, -0.25) is 4.79 Å². The van der Waals surface area contributed by atoms with Crippen LogP contribution in [0.25, 0.3) is 11.0 Å². The molecule has 2 fully saturated rings. The Balaban J connectivity index is 1.44. The van der Waals surface area contributed by atoms with Gasteiger partial charge in [-0.25, -0.2) is 13.8 Å². The number of amides is 1. The molecule has 1 aliphatic carbocycles. The van der Waals surface area contributed by atoms with Gasteiger partial charge < -0.3 is 10.3 Å². The number of benzene rings is 1. The summed E-state index contributed by atoms with van der Waals surface area (Å²) in [6.45, 7) is 0.764. The number of nitrogens with one attached hydrogen (secondary N) is 2. The SMILES string of the molecule is O=C1NCC[C@@H]1Cc1ccc2nc(CC3CCC(F)(F)CC3)[nH]c2c1. The molecule has 1 aromatic heterocycles. The molecule has 0 unspecified atom stereocenters. The van der Waals surface area contributed by atoms with Crippen LogP contribution >= 0.6 is 0 Å². The molecule has 134 valence electrons. The quantitative estimate of drug-likeness (QED) is 0.888. The third-order valence-electron chi connectivity index (χ3n) is 5.56. The van der Waals surface area contributed by atoms with Crippen molar-refractivity contribution in [1.82, 2.24) is 15.3 Å². The fourth-order valence-corrected chi connectivity index (χ4v) is 4.04. The Morgan fingerprint density at radius 1 is 1.16 bits per heavy atom. The predicted octanol–water partition coefficient (Wildman–Crippen LogP) is 3.61. The fourth-order valence-electron chi connectivity index (χ4n) is 4.04. The first-order valence-corrected chi connectivity index (χ1v) is 9.12. The van der Waals surface area contributed by atoms with Gasteiger partial charge in [0.05, 0.1) is 11.0 Å². The highest BCUT2D eigenvalue weighted by atomic mass is 19.3. The van der Waals surface area contributed by atoms with Gasteiger partial charge in [-0.05, 0) is 49.3 Å². The molecule has 1 aromatic carbocycles. The average Bonchev–Trinajstić information content (AvgIpc) is 3.15. The molecule has 25 heavy (non-hydrogen) atoms. The molecule has 2 aliphatic rings. The predicted molar refractivity (Wildman–Crippen MR) is 91.5 cm³/mol. The minimum absolute atomic E-state index is 0.00844. The molecular formula is C19H23F2N3O. The van der Waals surface area contributed by atoms with Crippen LogP contribution in [-0.4, -0.2) is 28.3 Å². The van der Waals surface area contributed by atoms with E-state index >= 15 is 0 Å². The Morgan fingerprint density at radius 2 is 1.96 bits per heavy atom. The van der Waals surface area contributed by atoms with E-state index in [2.05, 4.69) is 21.4 Å². The first-order chi connectivity index (χ1) is 12.0. The van der Waals surface area contributed by atoms with E-state index in [9.17, 15) is 13.6 Å². The normalized spacial score (nSPS) is 23.9. The first kappa shape index (κ1) is 16.5. The van der Waals surface area contributed by atoms with Gasteiger partial charge in [0.1, 0.15) is 5.82 Å². The van der Waals surface area contributed by atoms with E-state index < -0.39 is 5.92 Å². The third kappa shape index (κ3) is 3.67. The number of alkyl halides is 2. The van der Waals surface area contributed by atoms with Crippen LogP contribution in [0.3, 0.4) is 0 Å². The van der Waals surface area contributed by atoms with Crippen molar-refractivity contribution in [3.8, 4) is 0 Å². The lowest BCUT2D eigenvalue weighted by molar-refractivity contribution is -0.122. The Bertz CT molecular complexity index is 776. The molecule has 2 aromatic rings. The van der Waals surface area contributed by atoms with Crippen LogP contribution in [-0.2, 0) is 17.6 Å². The van der Waals surface area contributed by atoms with Crippen molar-refractivity contribution >= 4 is 16.9 Å². The first-order valence-electron chi connectivity index (χ1n) is 9.12. The molecular weight excluding hydrogens is 324 g/mol. The Labute approximate surface area is 145 Å². The minimum atomic E-state index is -2.48. The van der Waals surface area contributed by atoms with Gasteiger partial charge in [0.15, 0.2) is 0 Å². The zero-order chi connectivity index (χ0) is 17.4. The van der Waals surface area contributed by atoms with Crippen LogP contribution < -0.4 is 5.32 Å². The highest BCUT2D eigenvalue weighted by Crippen LogP contribution is 2.37. The molecule has 1 amide bonds. The lowest BCUT2D eigenvalue weighted by Gasteiger charge is -2.27. The number of nitrogens with zero attached hydrogens (tertiary/aromatic N) is 1. The summed E-state index contributed by atoms with van der Waals surface area (Å²) in [6, 6.07) is 6.07. The molecule has 0 bridgehead atoms. The maximum atomic E-state index is 13.3. The van der Waals surface area contributed by atoms with Gasteiger partial charge in [0.25, 0.3) is 0 Å². The van der Waals surface area contributed by atoms with E-state index in [1.165, 1.54) is 0 Å². The molecule has 0 spiro atoms. The summed E-state index contributed by atoms with van der Waals surface area (Å²) in [4.78, 5) is 19.7. The summed E-state index contributed by atoms with van der Waals surface area (Å²) in [7, 11) is 0. The number of halogens is 2. The average molecular weight is 347 g/mol. The van der Waals surface area contributed by atoms with Gasteiger partial charge in [-0.15, -0.1) is 0 Å². The van der Waals surface area contributed by atoms with E-state index in [0.29, 0.717) is 12.8 Å². The topological polar surface area (TPSA) is 57.8 Å². The van der Waals surface area contributed by atoms with E-state index in [1.807, 2.05) is 12.1 Å². The maximum absolute atomic E-state index is 13.3. The summed E-state index contributed by atoms with van der Waals surface area (Å²) in [6.07, 6.45) is 3.46. The van der Waals surface area contributed by atoms with Gasteiger partial charge in [0, 0.05) is 31.7 Å². The standard InChI is InChI=1S/C19H23F2N3O/c20-19(21)6-3-12(4-7-19)11-17-23-15-2-1-13(10-16(15)24-17)9-14-5-8-22-18(14)25/h1-2,10,12,14H,3-9,11H2,(H,22,25)(H,23,24)/t14-/m1/s1. The highest BCUT2D eigenvalue weighted by Gasteiger charge is 2.35. The van der Waals surface area contributed by atoms with Crippen molar-refractivity contribution in [1.29, 1.82) is 0 Å². The van der Waals surface area contributed by atoms with Crippen molar-refractivity contribution in [3.05, 3.63) is 29.6 Å². The van der Waals surface area contributed by atoms with Crippen molar-refractivity contribution in [3.63, 3.8) is 0 Å². The monoisotopic (exact) mass is 347 g/mol. The number of hydrogen-bond acceptors (Lipinski definition) is 2. The lowest BCUT2D eigenvalue weighted by atomic mass is 9.85. The molecule has 0 radical (unpaired) electrons. The van der Waals surface area contributed by atoms with Gasteiger partial charge >= 0.3 is 0 Å². The van der Waals surface area contributed by atoms with Gasteiger partial charge in [0.2, 0.25) is 11.8 Å². The second-order valence-corrected chi connectivity index (χ2v) is 7.52. The molecule has 1 atom stereocenters. The van der Waals surface area contributed by atoms with Crippen LogP contribution in [0.5, 0.6) is 0 Å². The number of aromatic amines is 1. The zero-order valence-electron chi connectivity index (χ0n) is 14.2. The van der Waals surface area contributed by atoms with E-state index in [1.54, 1.807) is 0 Å². The summed E-state index contributed by atoms with van der Waals surface area (Å²) in [5.41, 5.74) is 2.99. The highest BCUT2D eigenvalue weighted by molar-refractivity contribution is 5.81. The zero-order valence-corrected chi connectivity index (χ0v) is 14.2. The smallest absolute Gasteiger partial charge is 0.248 e. The summed E-state index contributed by atoms with van der Waals surface area (Å²) in [5.74, 6) is -1.13. The Hall–Kier alpha value is -1.98. The van der Waals surface area contributed by atoms with E-state index in [-0.39, 0.29) is 30.6 Å². The number of aromatic nitrogens is 2. The molecule has 4 nitrogen and oxygen atoms in total. The number of rotatable bonds is 4. The van der Waals surface area contributed by atoms with Crippen LogP contribution in [0.4, 0.5) is 8.78 Å². The number of fused-ring (bicyclic) bond motifs is 1. The summed E-state index contributed by atoms with van der Waals surface area (Å²) >= 11 is 0. The van der Waals surface area contributed by atoms with Crippen molar-refractivity contribution in [2.75, 3.05) is 6.54 Å². The van der Waals surface area contributed by atoms with E-state index in [4.69, 9.17) is 0 Å².